The Hall–Kier alpha value is -0.730. The molecule has 0 N–H and O–H groups in total. The van der Waals surface area contributed by atoms with E-state index >= 15 is 0 Å². The molecule has 3 nitrogen and oxygen atoms in total. The zero-order chi connectivity index (χ0) is 19.2. The maximum Gasteiger partial charge on any atom is 0.173 e. The molecule has 0 heterocycles. The molecule has 160 valence electrons. The van der Waals surface area contributed by atoms with E-state index in [1.54, 1.807) is 7.11 Å². The number of nitrogens with zero attached hydrogens (tertiary/aromatic N) is 1. The van der Waals surface area contributed by atoms with E-state index in [-0.39, 0.29) is 56.7 Å². The van der Waals surface area contributed by atoms with Crippen LogP contribution < -0.4 is 26.2 Å². The van der Waals surface area contributed by atoms with Gasteiger partial charge in [0.25, 0.3) is 0 Å². The highest BCUT2D eigenvalue weighted by Crippen LogP contribution is 2.22. The number of rotatable bonds is 4. The average molecular weight is 657 g/mol. The van der Waals surface area contributed by atoms with Crippen molar-refractivity contribution in [1.29, 1.82) is 0 Å². The van der Waals surface area contributed by atoms with Gasteiger partial charge in [0.05, 0.1) is 33.6 Å². The van der Waals surface area contributed by atoms with Crippen molar-refractivity contribution < 1.29 is 26.5 Å². The lowest BCUT2D eigenvalue weighted by atomic mass is 10.0. The van der Waals surface area contributed by atoms with Crippen LogP contribution in [0.5, 0.6) is 5.75 Å². The van der Waals surface area contributed by atoms with Crippen LogP contribution in [0, 0.1) is 0 Å². The fraction of sp³-hybridized carbons (Fsp3) is 0.227. The van der Waals surface area contributed by atoms with Crippen molar-refractivity contribution in [3.05, 3.63) is 72.3 Å². The van der Waals surface area contributed by atoms with Gasteiger partial charge in [-0.1, -0.05) is 52.3 Å². The van der Waals surface area contributed by atoms with Gasteiger partial charge in [0.15, 0.2) is 5.78 Å². The molecule has 0 aliphatic carbocycles. The standard InChI is InChI=1S/C13H11BrO2.C9H14N.3BrH/c1-16-12-5-4-9-6-11(13(15)8-14)3-2-10(9)7-12;1-10(2,3)9-7-5-4-6-8-9;;;/h2-7H,8H2,1H3;4-8H,1-3H3;3*1H/q;+1;;;/p-1. The minimum atomic E-state index is 0. The number of fused-ring (bicyclic) bond motifs is 1. The zero-order valence-electron chi connectivity index (χ0n) is 16.9. The van der Waals surface area contributed by atoms with Crippen LogP contribution in [0.4, 0.5) is 5.69 Å². The number of carbonyl (C=O) groups excluding carboxylic acids is 1. The lowest BCUT2D eigenvalue weighted by molar-refractivity contribution is -0.0000136. The number of halogens is 4. The van der Waals surface area contributed by atoms with E-state index in [0.29, 0.717) is 5.33 Å². The monoisotopic (exact) mass is 653 g/mol. The molecule has 0 aliphatic rings. The molecule has 0 amide bonds. The molecule has 3 aromatic carbocycles. The number of benzene rings is 3. The Kier molecular flexibility index (Phi) is 15.0. The predicted molar refractivity (Wildman–Crippen MR) is 135 cm³/mol. The van der Waals surface area contributed by atoms with Crippen LogP contribution in [0.3, 0.4) is 0 Å². The van der Waals surface area contributed by atoms with Crippen molar-refractivity contribution in [1.82, 2.24) is 4.48 Å². The minimum absolute atomic E-state index is 0. The number of Topliss-reactive ketones (excluding diaryl/α,β-unsaturated/α-hetero) is 1. The maximum absolute atomic E-state index is 11.5. The fourth-order valence-electron chi connectivity index (χ4n) is 2.48. The molecule has 0 aliphatic heterocycles. The molecule has 0 unspecified atom stereocenters. The average Bonchev–Trinajstić information content (AvgIpc) is 2.67. The number of ketones is 1. The van der Waals surface area contributed by atoms with Gasteiger partial charge in [-0.3, -0.25) is 9.28 Å². The number of alkyl halides is 1. The largest absolute Gasteiger partial charge is 1.00 e. The van der Waals surface area contributed by atoms with Crippen LogP contribution in [-0.2, 0) is 0 Å². The Bertz CT molecular complexity index is 881. The van der Waals surface area contributed by atoms with Crippen LogP contribution in [0.1, 0.15) is 10.4 Å². The SMILES string of the molecule is Br.Br.COc1ccc2cc(C(=O)CBr)ccc2c1.C[N+](C)(C)c1ccccc1.[Br-]. The molecule has 0 atom stereocenters. The van der Waals surface area contributed by atoms with Crippen LogP contribution in [0.15, 0.2) is 66.7 Å². The molecule has 0 saturated heterocycles. The summed E-state index contributed by atoms with van der Waals surface area (Å²) in [5.74, 6) is 0.921. The summed E-state index contributed by atoms with van der Waals surface area (Å²) < 4.78 is 6.04. The highest BCUT2D eigenvalue weighted by Gasteiger charge is 2.09. The lowest BCUT2D eigenvalue weighted by Gasteiger charge is -2.22. The molecule has 0 bridgehead atoms. The highest BCUT2D eigenvalue weighted by molar-refractivity contribution is 9.09. The summed E-state index contributed by atoms with van der Waals surface area (Å²) in [5.41, 5.74) is 2.07. The van der Waals surface area contributed by atoms with Gasteiger partial charge < -0.3 is 21.7 Å². The van der Waals surface area contributed by atoms with Gasteiger partial charge >= 0.3 is 0 Å². The van der Waals surface area contributed by atoms with E-state index in [9.17, 15) is 4.79 Å². The third-order valence-corrected chi connectivity index (χ3v) is 4.53. The van der Waals surface area contributed by atoms with Crippen LogP contribution in [0.25, 0.3) is 10.8 Å². The topological polar surface area (TPSA) is 26.3 Å². The summed E-state index contributed by atoms with van der Waals surface area (Å²) in [6.07, 6.45) is 0. The van der Waals surface area contributed by atoms with Crippen LogP contribution in [0.2, 0.25) is 0 Å². The van der Waals surface area contributed by atoms with Crippen molar-refractivity contribution in [2.45, 2.75) is 0 Å². The van der Waals surface area contributed by atoms with Crippen LogP contribution in [-0.4, -0.2) is 39.4 Å². The van der Waals surface area contributed by atoms with Gasteiger partial charge in [0, 0.05) is 5.56 Å². The first kappa shape index (κ1) is 30.5. The number of ether oxygens (including phenoxy) is 1. The Balaban J connectivity index is 0. The molecule has 29 heavy (non-hydrogen) atoms. The number of hydrogen-bond donors (Lipinski definition) is 0. The maximum atomic E-state index is 11.5. The second-order valence-corrected chi connectivity index (χ2v) is 7.39. The first-order chi connectivity index (χ1) is 12.3. The second-order valence-electron chi connectivity index (χ2n) is 6.83. The Morgan fingerprint density at radius 1 is 0.897 bits per heavy atom. The van der Waals surface area contributed by atoms with E-state index in [0.717, 1.165) is 26.6 Å². The quantitative estimate of drug-likeness (QED) is 0.245. The number of hydrogen-bond acceptors (Lipinski definition) is 2. The summed E-state index contributed by atoms with van der Waals surface area (Å²) in [6.45, 7) is 0. The van der Waals surface area contributed by atoms with E-state index in [4.69, 9.17) is 4.74 Å². The van der Waals surface area contributed by atoms with Crippen molar-refractivity contribution in [2.24, 2.45) is 0 Å². The van der Waals surface area contributed by atoms with Crippen molar-refractivity contribution in [3.63, 3.8) is 0 Å². The molecule has 0 fully saturated rings. The van der Waals surface area contributed by atoms with E-state index in [1.165, 1.54) is 5.69 Å². The van der Waals surface area contributed by atoms with Crippen molar-refractivity contribution in [2.75, 3.05) is 33.6 Å². The third kappa shape index (κ3) is 9.30. The first-order valence-electron chi connectivity index (χ1n) is 8.39. The molecule has 7 heteroatoms. The van der Waals surface area contributed by atoms with E-state index < -0.39 is 0 Å². The molecule has 0 radical (unpaired) electrons. The van der Waals surface area contributed by atoms with Crippen molar-refractivity contribution in [3.8, 4) is 5.75 Å². The molecule has 0 spiro atoms. The lowest BCUT2D eigenvalue weighted by Crippen LogP contribution is -3.00. The first-order valence-corrected chi connectivity index (χ1v) is 9.51. The van der Waals surface area contributed by atoms with Crippen LogP contribution >= 0.6 is 49.9 Å². The molecule has 3 rings (SSSR count). The number of carbonyl (C=O) groups is 1. The van der Waals surface area contributed by atoms with Gasteiger partial charge in [-0.25, -0.2) is 0 Å². The second kappa shape index (κ2) is 14.3. The number of quaternary nitrogens is 1. The highest BCUT2D eigenvalue weighted by atomic mass is 79.9. The Morgan fingerprint density at radius 2 is 1.45 bits per heavy atom. The molecular weight excluding hydrogens is 630 g/mol. The fourth-order valence-corrected chi connectivity index (χ4v) is 2.80. The Morgan fingerprint density at radius 3 is 1.93 bits per heavy atom. The molecule has 0 saturated carbocycles. The van der Waals surface area contributed by atoms with E-state index in [2.05, 4.69) is 61.3 Å². The summed E-state index contributed by atoms with van der Waals surface area (Å²) in [5, 5.41) is 2.48. The predicted octanol–water partition coefficient (Wildman–Crippen LogP) is 3.47. The smallest absolute Gasteiger partial charge is 0.173 e. The summed E-state index contributed by atoms with van der Waals surface area (Å²) in [4.78, 5) is 11.5. The van der Waals surface area contributed by atoms with Gasteiger partial charge in [-0.2, -0.15) is 0 Å². The number of para-hydroxylation sites is 1. The van der Waals surface area contributed by atoms with Crippen molar-refractivity contribution >= 4 is 72.1 Å². The third-order valence-electron chi connectivity index (χ3n) is 4.02. The summed E-state index contributed by atoms with van der Waals surface area (Å²) in [6, 6.07) is 21.9. The minimum Gasteiger partial charge on any atom is -1.00 e. The van der Waals surface area contributed by atoms with Gasteiger partial charge in [-0.05, 0) is 41.1 Å². The normalized spacial score (nSPS) is 9.69. The molecule has 3 aromatic rings. The van der Waals surface area contributed by atoms with Gasteiger partial charge in [0.1, 0.15) is 11.4 Å². The summed E-state index contributed by atoms with van der Waals surface area (Å²) in [7, 11) is 8.13. The molecule has 0 aromatic heterocycles. The van der Waals surface area contributed by atoms with Gasteiger partial charge in [0.2, 0.25) is 0 Å². The van der Waals surface area contributed by atoms with E-state index in [1.807, 2.05) is 42.5 Å². The zero-order valence-corrected chi connectivity index (χ0v) is 23.5. The molecular formula is C22H27Br4NO2. The summed E-state index contributed by atoms with van der Waals surface area (Å²) >= 11 is 3.17. The number of methoxy groups -OCH3 is 1. The van der Waals surface area contributed by atoms with Gasteiger partial charge in [-0.15, -0.1) is 34.0 Å². The Labute approximate surface area is 213 Å².